The van der Waals surface area contributed by atoms with E-state index in [-0.39, 0.29) is 11.3 Å². The minimum Gasteiger partial charge on any atom is -0.391 e. The van der Waals surface area contributed by atoms with Gasteiger partial charge >= 0.3 is 0 Å². The third-order valence-corrected chi connectivity index (χ3v) is 4.90. The van der Waals surface area contributed by atoms with Crippen LogP contribution in [0.25, 0.3) is 0 Å². The van der Waals surface area contributed by atoms with Crippen LogP contribution in [-0.4, -0.2) is 31.1 Å². The maximum atomic E-state index is 11.2. The van der Waals surface area contributed by atoms with Gasteiger partial charge in [-0.3, -0.25) is 0 Å². The molecule has 0 aromatic heterocycles. The first-order chi connectivity index (χ1) is 6.13. The summed E-state index contributed by atoms with van der Waals surface area (Å²) in [7, 11) is -3.11. The van der Waals surface area contributed by atoms with Crippen molar-refractivity contribution in [1.29, 1.82) is 0 Å². The fourth-order valence-corrected chi connectivity index (χ4v) is 2.97. The highest BCUT2D eigenvalue weighted by Gasteiger charge is 2.43. The van der Waals surface area contributed by atoms with E-state index < -0.39 is 21.2 Å². The van der Waals surface area contributed by atoms with E-state index in [1.165, 1.54) is 6.26 Å². The average molecular weight is 220 g/mol. The van der Waals surface area contributed by atoms with Gasteiger partial charge in [-0.15, -0.1) is 0 Å². The fourth-order valence-electron chi connectivity index (χ4n) is 2.24. The molecule has 1 rings (SSSR count). The zero-order chi connectivity index (χ0) is 11.1. The first kappa shape index (κ1) is 12.0. The maximum Gasteiger partial charge on any atom is 0.152 e. The Balaban J connectivity index is 2.57. The standard InChI is InChI=1S/C10H20O3S/c1-7(14(4,12)13)9(11)8-5-10(2,3)6-8/h7-9,11H,5-6H2,1-4H3/t7-,9-/m0/s1. The molecule has 0 aromatic carbocycles. The molecule has 0 unspecified atom stereocenters. The third-order valence-electron chi connectivity index (χ3n) is 3.27. The van der Waals surface area contributed by atoms with Gasteiger partial charge in [0.1, 0.15) is 0 Å². The highest BCUT2D eigenvalue weighted by atomic mass is 32.2. The van der Waals surface area contributed by atoms with Gasteiger partial charge in [-0.25, -0.2) is 8.42 Å². The Hall–Kier alpha value is -0.0900. The summed E-state index contributed by atoms with van der Waals surface area (Å²) in [6.45, 7) is 5.87. The molecule has 1 saturated carbocycles. The quantitative estimate of drug-likeness (QED) is 0.778. The second-order valence-corrected chi connectivity index (χ2v) is 7.76. The van der Waals surface area contributed by atoms with Gasteiger partial charge in [-0.2, -0.15) is 0 Å². The van der Waals surface area contributed by atoms with E-state index in [0.717, 1.165) is 12.8 Å². The predicted molar refractivity (Wildman–Crippen MR) is 56.8 cm³/mol. The van der Waals surface area contributed by atoms with E-state index in [0.29, 0.717) is 0 Å². The molecule has 0 radical (unpaired) electrons. The minimum atomic E-state index is -3.11. The van der Waals surface area contributed by atoms with Gasteiger partial charge in [0.05, 0.1) is 11.4 Å². The average Bonchev–Trinajstić information content (AvgIpc) is 1.95. The van der Waals surface area contributed by atoms with Crippen LogP contribution in [0.2, 0.25) is 0 Å². The molecule has 1 aliphatic carbocycles. The van der Waals surface area contributed by atoms with Gasteiger partial charge in [0, 0.05) is 6.26 Å². The molecule has 0 saturated heterocycles. The molecule has 0 aliphatic heterocycles. The predicted octanol–water partition coefficient (Wildman–Crippen LogP) is 1.22. The lowest BCUT2D eigenvalue weighted by molar-refractivity contribution is -0.0128. The van der Waals surface area contributed by atoms with Crippen molar-refractivity contribution in [3.05, 3.63) is 0 Å². The molecule has 84 valence electrons. The Morgan fingerprint density at radius 3 is 2.07 bits per heavy atom. The molecule has 0 heterocycles. The molecule has 1 aliphatic rings. The van der Waals surface area contributed by atoms with Crippen molar-refractivity contribution < 1.29 is 13.5 Å². The van der Waals surface area contributed by atoms with Gasteiger partial charge in [0.2, 0.25) is 0 Å². The second-order valence-electron chi connectivity index (χ2n) is 5.36. The van der Waals surface area contributed by atoms with Gasteiger partial charge < -0.3 is 5.11 Å². The normalized spacial score (nSPS) is 26.6. The summed E-state index contributed by atoms with van der Waals surface area (Å²) in [5, 5.41) is 9.19. The van der Waals surface area contributed by atoms with Crippen LogP contribution in [0.15, 0.2) is 0 Å². The number of hydrogen-bond acceptors (Lipinski definition) is 3. The lowest BCUT2D eigenvalue weighted by atomic mass is 9.62. The van der Waals surface area contributed by atoms with Crippen molar-refractivity contribution in [1.82, 2.24) is 0 Å². The van der Waals surface area contributed by atoms with Crippen LogP contribution >= 0.6 is 0 Å². The zero-order valence-corrected chi connectivity index (χ0v) is 10.1. The molecular formula is C10H20O3S. The Bertz CT molecular complexity index is 297. The molecule has 14 heavy (non-hydrogen) atoms. The summed E-state index contributed by atoms with van der Waals surface area (Å²) in [5.41, 5.74) is 0.281. The number of aliphatic hydroxyl groups excluding tert-OH is 1. The van der Waals surface area contributed by atoms with Crippen LogP contribution in [0.4, 0.5) is 0 Å². The van der Waals surface area contributed by atoms with Crippen LogP contribution in [-0.2, 0) is 9.84 Å². The summed E-state index contributed by atoms with van der Waals surface area (Å²) in [6, 6.07) is 0. The summed E-state index contributed by atoms with van der Waals surface area (Å²) in [4.78, 5) is 0. The monoisotopic (exact) mass is 220 g/mol. The van der Waals surface area contributed by atoms with E-state index >= 15 is 0 Å². The summed E-state index contributed by atoms with van der Waals surface area (Å²) in [6.07, 6.45) is 2.34. The van der Waals surface area contributed by atoms with Crippen molar-refractivity contribution in [2.75, 3.05) is 6.26 Å². The van der Waals surface area contributed by atoms with E-state index in [1.807, 2.05) is 0 Å². The Labute approximate surface area is 86.4 Å². The van der Waals surface area contributed by atoms with Crippen LogP contribution in [0.3, 0.4) is 0 Å². The second kappa shape index (κ2) is 3.49. The van der Waals surface area contributed by atoms with Crippen LogP contribution in [0, 0.1) is 11.3 Å². The number of hydrogen-bond donors (Lipinski definition) is 1. The van der Waals surface area contributed by atoms with Crippen molar-refractivity contribution in [2.24, 2.45) is 11.3 Å². The number of rotatable bonds is 3. The third kappa shape index (κ3) is 2.48. The smallest absolute Gasteiger partial charge is 0.152 e. The first-order valence-corrected chi connectivity index (χ1v) is 6.96. The van der Waals surface area contributed by atoms with Gasteiger partial charge in [0.15, 0.2) is 9.84 Å². The molecule has 1 N–H and O–H groups in total. The number of sulfone groups is 1. The molecule has 1 fully saturated rings. The van der Waals surface area contributed by atoms with E-state index in [1.54, 1.807) is 6.92 Å². The molecule has 0 aromatic rings. The molecule has 0 bridgehead atoms. The van der Waals surface area contributed by atoms with Gasteiger partial charge in [-0.05, 0) is 31.1 Å². The fraction of sp³-hybridized carbons (Fsp3) is 1.00. The summed E-state index contributed by atoms with van der Waals surface area (Å²) < 4.78 is 22.4. The molecule has 4 heteroatoms. The molecule has 0 amide bonds. The SMILES string of the molecule is C[C@@H]([C@H](O)C1CC(C)(C)C1)S(C)(=O)=O. The van der Waals surface area contributed by atoms with E-state index in [9.17, 15) is 13.5 Å². The van der Waals surface area contributed by atoms with E-state index in [4.69, 9.17) is 0 Å². The molecule has 0 spiro atoms. The van der Waals surface area contributed by atoms with Gasteiger partial charge in [0.25, 0.3) is 0 Å². The highest BCUT2D eigenvalue weighted by molar-refractivity contribution is 7.91. The molecule has 3 nitrogen and oxygen atoms in total. The first-order valence-electron chi connectivity index (χ1n) is 5.00. The largest absolute Gasteiger partial charge is 0.391 e. The maximum absolute atomic E-state index is 11.2. The molecular weight excluding hydrogens is 200 g/mol. The topological polar surface area (TPSA) is 54.4 Å². The van der Waals surface area contributed by atoms with Crippen molar-refractivity contribution in [2.45, 2.75) is 45.0 Å². The summed E-state index contributed by atoms with van der Waals surface area (Å²) >= 11 is 0. The Morgan fingerprint density at radius 1 is 1.36 bits per heavy atom. The zero-order valence-electron chi connectivity index (χ0n) is 9.32. The van der Waals surface area contributed by atoms with Crippen molar-refractivity contribution >= 4 is 9.84 Å². The highest BCUT2D eigenvalue weighted by Crippen LogP contribution is 2.47. The lowest BCUT2D eigenvalue weighted by Crippen LogP contribution is -2.45. The number of aliphatic hydroxyl groups is 1. The van der Waals surface area contributed by atoms with Crippen LogP contribution in [0.5, 0.6) is 0 Å². The van der Waals surface area contributed by atoms with E-state index in [2.05, 4.69) is 13.8 Å². The van der Waals surface area contributed by atoms with Crippen molar-refractivity contribution in [3.63, 3.8) is 0 Å². The van der Waals surface area contributed by atoms with Crippen molar-refractivity contribution in [3.8, 4) is 0 Å². The van der Waals surface area contributed by atoms with Crippen LogP contribution in [0.1, 0.15) is 33.6 Å². The van der Waals surface area contributed by atoms with Gasteiger partial charge in [-0.1, -0.05) is 13.8 Å². The molecule has 2 atom stereocenters. The Morgan fingerprint density at radius 2 is 1.79 bits per heavy atom. The summed E-state index contributed by atoms with van der Waals surface area (Å²) in [5.74, 6) is 0.162. The van der Waals surface area contributed by atoms with Crippen LogP contribution < -0.4 is 0 Å². The lowest BCUT2D eigenvalue weighted by Gasteiger charge is -2.46. The Kier molecular flexibility index (Phi) is 2.99. The minimum absolute atomic E-state index is 0.162.